The highest BCUT2D eigenvalue weighted by Gasteiger charge is 2.18. The maximum absolute atomic E-state index is 12.4. The molecule has 0 fully saturated rings. The Balaban J connectivity index is 1.48. The minimum atomic E-state index is -0.642. The van der Waals surface area contributed by atoms with Gasteiger partial charge in [0, 0.05) is 17.1 Å². The molecule has 1 heterocycles. The van der Waals surface area contributed by atoms with Gasteiger partial charge in [0.25, 0.3) is 5.91 Å². The number of amides is 1. The van der Waals surface area contributed by atoms with Gasteiger partial charge in [-0.1, -0.05) is 36.4 Å². The van der Waals surface area contributed by atoms with Crippen molar-refractivity contribution in [2.45, 2.75) is 13.0 Å². The molecule has 126 valence electrons. The molecule has 4 rings (SSSR count). The second kappa shape index (κ2) is 6.36. The zero-order valence-electron chi connectivity index (χ0n) is 13.7. The molecule has 0 bridgehead atoms. The number of rotatable bonds is 4. The lowest BCUT2D eigenvalue weighted by Gasteiger charge is -2.16. The van der Waals surface area contributed by atoms with Crippen molar-refractivity contribution in [3.8, 4) is 17.2 Å². The van der Waals surface area contributed by atoms with Crippen molar-refractivity contribution < 1.29 is 19.0 Å². The normalized spacial score (nSPS) is 13.5. The molecular weight excluding hydrogens is 318 g/mol. The Labute approximate surface area is 145 Å². The molecule has 1 unspecified atom stereocenters. The van der Waals surface area contributed by atoms with Gasteiger partial charge in [0.05, 0.1) is 0 Å². The van der Waals surface area contributed by atoms with Gasteiger partial charge in [0.1, 0.15) is 5.75 Å². The Morgan fingerprint density at radius 2 is 1.84 bits per heavy atom. The van der Waals surface area contributed by atoms with Crippen LogP contribution in [0.25, 0.3) is 10.8 Å². The van der Waals surface area contributed by atoms with E-state index in [2.05, 4.69) is 5.32 Å². The summed E-state index contributed by atoms with van der Waals surface area (Å²) in [5.41, 5.74) is 0.641. The summed E-state index contributed by atoms with van der Waals surface area (Å²) in [7, 11) is 0. The number of nitrogens with one attached hydrogen (secondary N) is 1. The summed E-state index contributed by atoms with van der Waals surface area (Å²) >= 11 is 0. The number of hydrogen-bond acceptors (Lipinski definition) is 4. The van der Waals surface area contributed by atoms with Gasteiger partial charge in [-0.2, -0.15) is 0 Å². The molecule has 0 radical (unpaired) electrons. The Morgan fingerprint density at radius 1 is 1.04 bits per heavy atom. The van der Waals surface area contributed by atoms with Crippen LogP contribution >= 0.6 is 0 Å². The van der Waals surface area contributed by atoms with Crippen LogP contribution in [0.4, 0.5) is 5.69 Å². The van der Waals surface area contributed by atoms with Gasteiger partial charge in [0.2, 0.25) is 6.79 Å². The summed E-state index contributed by atoms with van der Waals surface area (Å²) in [5.74, 6) is 1.76. The standard InChI is InChI=1S/C20H17NO4/c1-13(25-17-8-4-6-14-5-2-3-7-16(14)17)20(22)21-15-9-10-18-19(11-15)24-12-23-18/h2-11,13H,12H2,1H3,(H,21,22). The van der Waals surface area contributed by atoms with Gasteiger partial charge >= 0.3 is 0 Å². The fourth-order valence-electron chi connectivity index (χ4n) is 2.76. The molecule has 0 aliphatic carbocycles. The summed E-state index contributed by atoms with van der Waals surface area (Å²) in [6, 6.07) is 19.0. The van der Waals surface area contributed by atoms with E-state index in [1.807, 2.05) is 42.5 Å². The summed E-state index contributed by atoms with van der Waals surface area (Å²) in [6.07, 6.45) is -0.642. The van der Waals surface area contributed by atoms with E-state index in [1.165, 1.54) is 0 Å². The lowest BCUT2D eigenvalue weighted by atomic mass is 10.1. The first kappa shape index (κ1) is 15.3. The molecule has 1 N–H and O–H groups in total. The maximum atomic E-state index is 12.4. The van der Waals surface area contributed by atoms with Crippen LogP contribution in [0.1, 0.15) is 6.92 Å². The second-order valence-corrected chi connectivity index (χ2v) is 5.79. The molecule has 1 aliphatic heterocycles. The first-order valence-corrected chi connectivity index (χ1v) is 8.05. The van der Waals surface area contributed by atoms with Crippen LogP contribution in [0, 0.1) is 0 Å². The average molecular weight is 335 g/mol. The van der Waals surface area contributed by atoms with Crippen LogP contribution in [-0.4, -0.2) is 18.8 Å². The Morgan fingerprint density at radius 3 is 2.76 bits per heavy atom. The number of carbonyl (C=O) groups excluding carboxylic acids is 1. The van der Waals surface area contributed by atoms with Gasteiger partial charge in [-0.25, -0.2) is 0 Å². The summed E-state index contributed by atoms with van der Waals surface area (Å²) in [5, 5.41) is 4.89. The fourth-order valence-corrected chi connectivity index (χ4v) is 2.76. The predicted molar refractivity (Wildman–Crippen MR) is 95.2 cm³/mol. The van der Waals surface area contributed by atoms with Crippen LogP contribution in [0.3, 0.4) is 0 Å². The van der Waals surface area contributed by atoms with E-state index in [9.17, 15) is 4.79 Å². The molecule has 3 aromatic rings. The summed E-state index contributed by atoms with van der Waals surface area (Å²) < 4.78 is 16.5. The van der Waals surface area contributed by atoms with E-state index in [4.69, 9.17) is 14.2 Å². The smallest absolute Gasteiger partial charge is 0.265 e. The van der Waals surface area contributed by atoms with E-state index < -0.39 is 6.10 Å². The molecule has 1 amide bonds. The third kappa shape index (κ3) is 3.08. The van der Waals surface area contributed by atoms with Gasteiger partial charge < -0.3 is 19.5 Å². The van der Waals surface area contributed by atoms with Crippen molar-refractivity contribution >= 4 is 22.4 Å². The SMILES string of the molecule is CC(Oc1cccc2ccccc12)C(=O)Nc1ccc2c(c1)OCO2. The molecule has 0 saturated carbocycles. The fraction of sp³-hybridized carbons (Fsp3) is 0.150. The van der Waals surface area contributed by atoms with E-state index in [1.54, 1.807) is 25.1 Å². The van der Waals surface area contributed by atoms with Crippen molar-refractivity contribution in [3.05, 3.63) is 60.7 Å². The quantitative estimate of drug-likeness (QED) is 0.784. The largest absolute Gasteiger partial charge is 0.480 e. The molecule has 1 aliphatic rings. The Hall–Kier alpha value is -3.21. The van der Waals surface area contributed by atoms with E-state index in [-0.39, 0.29) is 12.7 Å². The minimum absolute atomic E-state index is 0.202. The van der Waals surface area contributed by atoms with E-state index in [0.29, 0.717) is 22.9 Å². The third-order valence-corrected chi connectivity index (χ3v) is 4.06. The maximum Gasteiger partial charge on any atom is 0.265 e. The molecule has 25 heavy (non-hydrogen) atoms. The number of hydrogen-bond donors (Lipinski definition) is 1. The predicted octanol–water partition coefficient (Wildman–Crippen LogP) is 3.97. The van der Waals surface area contributed by atoms with Gasteiger partial charge in [-0.15, -0.1) is 0 Å². The lowest BCUT2D eigenvalue weighted by Crippen LogP contribution is -2.30. The second-order valence-electron chi connectivity index (χ2n) is 5.79. The molecule has 0 saturated heterocycles. The van der Waals surface area contributed by atoms with E-state index in [0.717, 1.165) is 10.8 Å². The monoisotopic (exact) mass is 335 g/mol. The molecular formula is C20H17NO4. The number of fused-ring (bicyclic) bond motifs is 2. The lowest BCUT2D eigenvalue weighted by molar-refractivity contribution is -0.122. The number of benzene rings is 3. The zero-order valence-corrected chi connectivity index (χ0v) is 13.7. The highest BCUT2D eigenvalue weighted by atomic mass is 16.7. The van der Waals surface area contributed by atoms with Crippen molar-refractivity contribution in [2.24, 2.45) is 0 Å². The van der Waals surface area contributed by atoms with Crippen LogP contribution < -0.4 is 19.5 Å². The summed E-state index contributed by atoms with van der Waals surface area (Å²) in [4.78, 5) is 12.4. The summed E-state index contributed by atoms with van der Waals surface area (Å²) in [6.45, 7) is 1.93. The van der Waals surface area contributed by atoms with Crippen molar-refractivity contribution in [1.29, 1.82) is 0 Å². The molecule has 5 nitrogen and oxygen atoms in total. The molecule has 1 atom stereocenters. The van der Waals surface area contributed by atoms with E-state index >= 15 is 0 Å². The van der Waals surface area contributed by atoms with Crippen molar-refractivity contribution in [1.82, 2.24) is 0 Å². The highest BCUT2D eigenvalue weighted by Crippen LogP contribution is 2.34. The molecule has 0 aromatic heterocycles. The Bertz CT molecular complexity index is 933. The topological polar surface area (TPSA) is 56.8 Å². The highest BCUT2D eigenvalue weighted by molar-refractivity contribution is 5.95. The molecule has 3 aromatic carbocycles. The molecule has 0 spiro atoms. The number of anilines is 1. The third-order valence-electron chi connectivity index (χ3n) is 4.06. The average Bonchev–Trinajstić information content (AvgIpc) is 3.10. The van der Waals surface area contributed by atoms with Gasteiger partial charge in [0.15, 0.2) is 17.6 Å². The van der Waals surface area contributed by atoms with Crippen molar-refractivity contribution in [2.75, 3.05) is 12.1 Å². The van der Waals surface area contributed by atoms with Gasteiger partial charge in [-0.3, -0.25) is 4.79 Å². The zero-order chi connectivity index (χ0) is 17.2. The van der Waals surface area contributed by atoms with Crippen LogP contribution in [-0.2, 0) is 4.79 Å². The minimum Gasteiger partial charge on any atom is -0.480 e. The van der Waals surface area contributed by atoms with Crippen molar-refractivity contribution in [3.63, 3.8) is 0 Å². The number of carbonyl (C=O) groups is 1. The van der Waals surface area contributed by atoms with Gasteiger partial charge in [-0.05, 0) is 30.5 Å². The Kier molecular flexibility index (Phi) is 3.90. The van der Waals surface area contributed by atoms with Crippen LogP contribution in [0.15, 0.2) is 60.7 Å². The van der Waals surface area contributed by atoms with Crippen LogP contribution in [0.2, 0.25) is 0 Å². The van der Waals surface area contributed by atoms with Crippen LogP contribution in [0.5, 0.6) is 17.2 Å². The first-order chi connectivity index (χ1) is 12.2. The number of ether oxygens (including phenoxy) is 3. The molecule has 5 heteroatoms. The first-order valence-electron chi connectivity index (χ1n) is 8.05.